The lowest BCUT2D eigenvalue weighted by Gasteiger charge is -2.22. The highest BCUT2D eigenvalue weighted by Gasteiger charge is 2.43. The maximum absolute atomic E-state index is 12.6. The first kappa shape index (κ1) is 20.6. The average Bonchev–Trinajstić information content (AvgIpc) is 3.49. The number of hydrogen-bond donors (Lipinski definition) is 1. The Kier molecular flexibility index (Phi) is 5.73. The fraction of sp³-hybridized carbons (Fsp3) is 0.455. The number of nitriles is 1. The first-order chi connectivity index (χ1) is 13.7. The maximum atomic E-state index is 12.6. The van der Waals surface area contributed by atoms with E-state index in [1.165, 1.54) is 5.56 Å². The molecule has 152 valence electrons. The van der Waals surface area contributed by atoms with Gasteiger partial charge in [-0.05, 0) is 52.0 Å². The number of benzene rings is 1. The molecule has 1 aromatic carbocycles. The Morgan fingerprint density at radius 2 is 1.93 bits per heavy atom. The molecule has 1 N–H and O–H groups in total. The molecule has 29 heavy (non-hydrogen) atoms. The van der Waals surface area contributed by atoms with Crippen LogP contribution in [0.15, 0.2) is 24.3 Å². The summed E-state index contributed by atoms with van der Waals surface area (Å²) in [7, 11) is 0. The fourth-order valence-electron chi connectivity index (χ4n) is 3.42. The molecule has 1 aliphatic rings. The van der Waals surface area contributed by atoms with Crippen molar-refractivity contribution in [1.82, 2.24) is 15.1 Å². The Balaban J connectivity index is 1.63. The molecule has 1 saturated carbocycles. The van der Waals surface area contributed by atoms with Gasteiger partial charge in [0.2, 0.25) is 0 Å². The topological polar surface area (TPSA) is 97.0 Å². The van der Waals surface area contributed by atoms with E-state index in [2.05, 4.69) is 16.5 Å². The molecule has 0 unspecified atom stereocenters. The van der Waals surface area contributed by atoms with Crippen molar-refractivity contribution in [3.63, 3.8) is 0 Å². The van der Waals surface area contributed by atoms with Crippen LogP contribution in [-0.2, 0) is 16.1 Å². The molecule has 0 bridgehead atoms. The van der Waals surface area contributed by atoms with Crippen LogP contribution in [-0.4, -0.2) is 33.8 Å². The second-order valence-electron chi connectivity index (χ2n) is 7.90. The molecular formula is C22H26N4O3. The van der Waals surface area contributed by atoms with E-state index in [0.29, 0.717) is 23.5 Å². The molecule has 1 aliphatic carbocycles. The Bertz CT molecular complexity index is 967. The summed E-state index contributed by atoms with van der Waals surface area (Å²) in [5.74, 6) is -0.899. The van der Waals surface area contributed by atoms with Crippen LogP contribution in [0.25, 0.3) is 0 Å². The highest BCUT2D eigenvalue weighted by atomic mass is 16.5. The predicted octanol–water partition coefficient (Wildman–Crippen LogP) is 2.82. The minimum atomic E-state index is -0.908. The number of aromatic nitrogens is 2. The number of esters is 1. The number of carbonyl (C=O) groups is 2. The molecule has 1 atom stereocenters. The lowest BCUT2D eigenvalue weighted by atomic mass is 9.98. The van der Waals surface area contributed by atoms with Gasteiger partial charge in [0.15, 0.2) is 6.61 Å². The first-order valence-corrected chi connectivity index (χ1v) is 9.72. The van der Waals surface area contributed by atoms with Crippen molar-refractivity contribution in [1.29, 1.82) is 5.26 Å². The van der Waals surface area contributed by atoms with Crippen LogP contribution >= 0.6 is 0 Å². The predicted molar refractivity (Wildman–Crippen MR) is 107 cm³/mol. The van der Waals surface area contributed by atoms with Gasteiger partial charge in [-0.2, -0.15) is 10.4 Å². The Labute approximate surface area is 170 Å². The maximum Gasteiger partial charge on any atom is 0.342 e. The number of ether oxygens (including phenoxy) is 1. The Morgan fingerprint density at radius 1 is 1.28 bits per heavy atom. The molecule has 0 aliphatic heterocycles. The summed E-state index contributed by atoms with van der Waals surface area (Å²) >= 11 is 0. The zero-order chi connectivity index (χ0) is 21.2. The van der Waals surface area contributed by atoms with E-state index in [1.54, 1.807) is 18.5 Å². The number of hydrogen-bond acceptors (Lipinski definition) is 5. The third kappa shape index (κ3) is 4.65. The second-order valence-corrected chi connectivity index (χ2v) is 7.90. The van der Waals surface area contributed by atoms with Gasteiger partial charge in [0, 0.05) is 0 Å². The van der Waals surface area contributed by atoms with Gasteiger partial charge < -0.3 is 10.1 Å². The molecule has 7 heteroatoms. The number of nitrogens with one attached hydrogen (secondary N) is 1. The van der Waals surface area contributed by atoms with Crippen molar-refractivity contribution in [2.24, 2.45) is 5.92 Å². The van der Waals surface area contributed by atoms with Gasteiger partial charge in [-0.3, -0.25) is 9.48 Å². The van der Waals surface area contributed by atoms with Crippen LogP contribution in [0.2, 0.25) is 0 Å². The minimum absolute atomic E-state index is 0.164. The van der Waals surface area contributed by atoms with Gasteiger partial charge >= 0.3 is 5.97 Å². The van der Waals surface area contributed by atoms with Gasteiger partial charge in [0.25, 0.3) is 5.91 Å². The molecule has 7 nitrogen and oxygen atoms in total. The normalized spacial score (nSPS) is 15.3. The molecule has 0 spiro atoms. The van der Waals surface area contributed by atoms with E-state index in [9.17, 15) is 14.9 Å². The van der Waals surface area contributed by atoms with E-state index >= 15 is 0 Å². The van der Waals surface area contributed by atoms with Crippen LogP contribution in [0.5, 0.6) is 0 Å². The van der Waals surface area contributed by atoms with Gasteiger partial charge in [0.05, 0.1) is 24.0 Å². The van der Waals surface area contributed by atoms with Crippen LogP contribution in [0.1, 0.15) is 52.6 Å². The average molecular weight is 394 g/mol. The molecule has 1 fully saturated rings. The first-order valence-electron chi connectivity index (χ1n) is 9.72. The van der Waals surface area contributed by atoms with E-state index in [-0.39, 0.29) is 5.92 Å². The van der Waals surface area contributed by atoms with Gasteiger partial charge in [-0.25, -0.2) is 4.79 Å². The molecule has 0 radical (unpaired) electrons. The van der Waals surface area contributed by atoms with E-state index in [1.807, 2.05) is 38.1 Å². The lowest BCUT2D eigenvalue weighted by Crippen LogP contribution is -2.48. The van der Waals surface area contributed by atoms with Crippen LogP contribution in [0.4, 0.5) is 0 Å². The molecule has 1 amide bonds. The quantitative estimate of drug-likeness (QED) is 0.729. The molecule has 2 aromatic rings. The highest BCUT2D eigenvalue weighted by Crippen LogP contribution is 2.39. The van der Waals surface area contributed by atoms with E-state index < -0.39 is 24.0 Å². The number of rotatable bonds is 7. The summed E-state index contributed by atoms with van der Waals surface area (Å²) in [4.78, 5) is 24.7. The Morgan fingerprint density at radius 3 is 2.52 bits per heavy atom. The third-order valence-corrected chi connectivity index (χ3v) is 5.40. The summed E-state index contributed by atoms with van der Waals surface area (Å²) < 4.78 is 6.97. The third-order valence-electron chi connectivity index (χ3n) is 5.40. The fourth-order valence-corrected chi connectivity index (χ4v) is 3.42. The van der Waals surface area contributed by atoms with Crippen molar-refractivity contribution < 1.29 is 14.3 Å². The standard InChI is InChI=1S/C22H26N4O3/c1-14-5-7-17(8-6-14)11-26-16(3)20(15(2)25-26)21(28)29-12-19(27)24-22(4,13-23)18-9-10-18/h5-8,18H,9-12H2,1-4H3,(H,24,27)/t22-/m0/s1. The van der Waals surface area contributed by atoms with Crippen molar-refractivity contribution in [3.8, 4) is 6.07 Å². The number of nitrogens with zero attached hydrogens (tertiary/aromatic N) is 3. The zero-order valence-corrected chi connectivity index (χ0v) is 17.3. The van der Waals surface area contributed by atoms with Crippen LogP contribution in [0.3, 0.4) is 0 Å². The molecule has 1 aromatic heterocycles. The smallest absolute Gasteiger partial charge is 0.342 e. The van der Waals surface area contributed by atoms with Gasteiger partial charge in [0.1, 0.15) is 11.1 Å². The monoisotopic (exact) mass is 394 g/mol. The van der Waals surface area contributed by atoms with Gasteiger partial charge in [-0.1, -0.05) is 29.8 Å². The number of carbonyl (C=O) groups excluding carboxylic acids is 2. The highest BCUT2D eigenvalue weighted by molar-refractivity contribution is 5.93. The summed E-state index contributed by atoms with van der Waals surface area (Å²) in [5.41, 5.74) is 2.97. The zero-order valence-electron chi connectivity index (χ0n) is 17.3. The van der Waals surface area contributed by atoms with Crippen molar-refractivity contribution in [2.75, 3.05) is 6.61 Å². The largest absolute Gasteiger partial charge is 0.452 e. The Hall–Kier alpha value is -3.14. The van der Waals surface area contributed by atoms with Crippen molar-refractivity contribution in [2.45, 2.75) is 52.6 Å². The number of aryl methyl sites for hydroxylation is 2. The summed E-state index contributed by atoms with van der Waals surface area (Å²) in [6.45, 7) is 7.41. The molecular weight excluding hydrogens is 368 g/mol. The lowest BCUT2D eigenvalue weighted by molar-refractivity contribution is -0.125. The minimum Gasteiger partial charge on any atom is -0.452 e. The summed E-state index contributed by atoms with van der Waals surface area (Å²) in [6, 6.07) is 10.3. The van der Waals surface area contributed by atoms with Gasteiger partial charge in [-0.15, -0.1) is 0 Å². The number of amides is 1. The van der Waals surface area contributed by atoms with Crippen molar-refractivity contribution >= 4 is 11.9 Å². The summed E-state index contributed by atoms with van der Waals surface area (Å²) in [6.07, 6.45) is 1.84. The summed E-state index contributed by atoms with van der Waals surface area (Å²) in [5, 5.41) is 16.5. The van der Waals surface area contributed by atoms with Crippen molar-refractivity contribution in [3.05, 3.63) is 52.3 Å². The molecule has 1 heterocycles. The SMILES string of the molecule is Cc1ccc(Cn2nc(C)c(C(=O)OCC(=O)N[C@@](C)(C#N)C3CC3)c2C)cc1. The second kappa shape index (κ2) is 8.08. The van der Waals surface area contributed by atoms with Crippen LogP contribution < -0.4 is 5.32 Å². The van der Waals surface area contributed by atoms with E-state index in [0.717, 1.165) is 18.4 Å². The molecule has 3 rings (SSSR count). The molecule has 0 saturated heterocycles. The van der Waals surface area contributed by atoms with Crippen LogP contribution in [0, 0.1) is 38.0 Å². The van der Waals surface area contributed by atoms with E-state index in [4.69, 9.17) is 4.74 Å².